The molecule has 2 N–H and O–H groups in total. The second-order valence-corrected chi connectivity index (χ2v) is 12.6. The van der Waals surface area contributed by atoms with Gasteiger partial charge in [0.2, 0.25) is 0 Å². The maximum absolute atomic E-state index is 13.2. The highest BCUT2D eigenvalue weighted by molar-refractivity contribution is 6.62. The molecule has 0 aromatic heterocycles. The Bertz CT molecular complexity index is 1140. The number of aliphatic hydroxyl groups excluding tert-OH is 1. The summed E-state index contributed by atoms with van der Waals surface area (Å²) in [6.45, 7) is 13.9. The Labute approximate surface area is 231 Å². The van der Waals surface area contributed by atoms with Crippen molar-refractivity contribution in [3.05, 3.63) is 36.4 Å². The number of hydrogen-bond donors (Lipinski definition) is 2. The standard InChI is InChI=1S/C30H42BNO7/c1-7-28(5)15-25(38-26(34)17-37-23-9-8-22-16-32-39-31(36)24(22)14-23)29(6)18-30(12-10-19(29)2,13-11-20(3)33)21(4)27(28)35/h7-9,14,16,19,21,25,27,35-36H,1,10-13,15,17-18H2,2-6H3/t19-,21+,25-,27+,28-,29+,30-/m1/s1. The molecule has 39 heavy (non-hydrogen) atoms. The lowest BCUT2D eigenvalue weighted by Crippen LogP contribution is -2.58. The molecule has 8 nitrogen and oxygen atoms in total. The van der Waals surface area contributed by atoms with E-state index in [9.17, 15) is 19.7 Å². The van der Waals surface area contributed by atoms with Crippen LogP contribution in [0.3, 0.4) is 0 Å². The number of carbonyl (C=O) groups excluding carboxylic acids is 2. The third-order valence-corrected chi connectivity index (χ3v) is 10.2. The molecule has 1 aromatic carbocycles. The summed E-state index contributed by atoms with van der Waals surface area (Å²) in [5.74, 6) is 0.288. The van der Waals surface area contributed by atoms with Crippen molar-refractivity contribution in [2.45, 2.75) is 85.4 Å². The smallest absolute Gasteiger partial charge is 0.482 e. The van der Waals surface area contributed by atoms with Crippen LogP contribution in [-0.2, 0) is 19.1 Å². The first-order valence-electron chi connectivity index (χ1n) is 14.0. The fourth-order valence-corrected chi connectivity index (χ4v) is 7.09. The number of esters is 1. The Morgan fingerprint density at radius 3 is 2.74 bits per heavy atom. The molecule has 2 aliphatic carbocycles. The van der Waals surface area contributed by atoms with Gasteiger partial charge in [-0.1, -0.05) is 33.8 Å². The molecular weight excluding hydrogens is 497 g/mol. The van der Waals surface area contributed by atoms with E-state index in [0.717, 1.165) is 19.3 Å². The zero-order valence-corrected chi connectivity index (χ0v) is 23.8. The summed E-state index contributed by atoms with van der Waals surface area (Å²) in [4.78, 5) is 25.2. The summed E-state index contributed by atoms with van der Waals surface area (Å²) in [5.41, 5.74) is -0.0566. The Hall–Kier alpha value is -2.65. The third kappa shape index (κ3) is 5.66. The van der Waals surface area contributed by atoms with Crippen LogP contribution in [0, 0.1) is 28.1 Å². The first kappa shape index (κ1) is 29.3. The van der Waals surface area contributed by atoms with E-state index in [1.54, 1.807) is 31.2 Å². The molecule has 1 heterocycles. The molecule has 212 valence electrons. The number of nitrogens with zero attached hydrogens (tertiary/aromatic N) is 1. The van der Waals surface area contributed by atoms with Gasteiger partial charge in [0.15, 0.2) is 6.61 Å². The first-order valence-corrected chi connectivity index (χ1v) is 14.0. The Balaban J connectivity index is 1.57. The molecule has 2 bridgehead atoms. The minimum Gasteiger partial charge on any atom is -0.482 e. The van der Waals surface area contributed by atoms with Crippen LogP contribution in [0.15, 0.2) is 36.0 Å². The lowest BCUT2D eigenvalue weighted by atomic mass is 9.47. The van der Waals surface area contributed by atoms with Gasteiger partial charge in [0.05, 0.1) is 12.3 Å². The second-order valence-electron chi connectivity index (χ2n) is 12.6. The van der Waals surface area contributed by atoms with Crippen LogP contribution in [0.5, 0.6) is 5.75 Å². The lowest BCUT2D eigenvalue weighted by molar-refractivity contribution is -0.190. The fourth-order valence-electron chi connectivity index (χ4n) is 7.09. The van der Waals surface area contributed by atoms with Gasteiger partial charge < -0.3 is 29.2 Å². The quantitative estimate of drug-likeness (QED) is 0.293. The fraction of sp³-hybridized carbons (Fsp3) is 0.633. The molecular formula is C30H42BNO7. The number of carbonyl (C=O) groups is 2. The number of oxime groups is 1. The van der Waals surface area contributed by atoms with Gasteiger partial charge in [-0.3, -0.25) is 0 Å². The zero-order valence-electron chi connectivity index (χ0n) is 23.8. The summed E-state index contributed by atoms with van der Waals surface area (Å²) in [7, 11) is -1.20. The van der Waals surface area contributed by atoms with Gasteiger partial charge in [0, 0.05) is 22.7 Å². The van der Waals surface area contributed by atoms with Crippen LogP contribution in [0.25, 0.3) is 0 Å². The van der Waals surface area contributed by atoms with Gasteiger partial charge in [0.1, 0.15) is 17.6 Å². The van der Waals surface area contributed by atoms with Crippen molar-refractivity contribution >= 4 is 30.5 Å². The summed E-state index contributed by atoms with van der Waals surface area (Å²) >= 11 is 0. The van der Waals surface area contributed by atoms with Gasteiger partial charge in [0.25, 0.3) is 0 Å². The van der Waals surface area contributed by atoms with Crippen molar-refractivity contribution in [1.82, 2.24) is 0 Å². The molecule has 0 radical (unpaired) electrons. The second kappa shape index (κ2) is 11.1. The number of hydrogen-bond acceptors (Lipinski definition) is 8. The summed E-state index contributed by atoms with van der Waals surface area (Å²) in [6, 6.07) is 5.06. The molecule has 1 aromatic rings. The molecule has 1 aliphatic heterocycles. The number of benzene rings is 1. The van der Waals surface area contributed by atoms with Crippen molar-refractivity contribution in [1.29, 1.82) is 0 Å². The van der Waals surface area contributed by atoms with E-state index in [0.29, 0.717) is 36.0 Å². The average Bonchev–Trinajstić information content (AvgIpc) is 2.91. The van der Waals surface area contributed by atoms with Crippen LogP contribution >= 0.6 is 0 Å². The molecule has 0 amide bonds. The van der Waals surface area contributed by atoms with Gasteiger partial charge in [-0.2, -0.15) is 0 Å². The van der Waals surface area contributed by atoms with E-state index in [-0.39, 0.29) is 35.1 Å². The predicted molar refractivity (Wildman–Crippen MR) is 150 cm³/mol. The van der Waals surface area contributed by atoms with Crippen LogP contribution < -0.4 is 10.2 Å². The highest BCUT2D eigenvalue weighted by atomic mass is 16.6. The number of Topliss-reactive ketones (excluding diaryl/α,β-unsaturated/α-hetero) is 1. The topological polar surface area (TPSA) is 115 Å². The highest BCUT2D eigenvalue weighted by Gasteiger charge is 2.58. The van der Waals surface area contributed by atoms with Crippen LogP contribution in [0.4, 0.5) is 0 Å². The lowest BCUT2D eigenvalue weighted by Gasteiger charge is -2.60. The van der Waals surface area contributed by atoms with E-state index >= 15 is 0 Å². The zero-order chi connectivity index (χ0) is 28.6. The number of rotatable bonds is 8. The van der Waals surface area contributed by atoms with Gasteiger partial charge >= 0.3 is 13.1 Å². The van der Waals surface area contributed by atoms with E-state index in [1.807, 2.05) is 6.92 Å². The third-order valence-electron chi connectivity index (χ3n) is 10.2. The van der Waals surface area contributed by atoms with Crippen molar-refractivity contribution in [2.75, 3.05) is 6.61 Å². The molecule has 9 heteroatoms. The van der Waals surface area contributed by atoms with Gasteiger partial charge in [-0.05, 0) is 80.0 Å². The highest BCUT2D eigenvalue weighted by Crippen LogP contribution is 2.62. The average molecular weight is 539 g/mol. The number of aliphatic hydroxyl groups is 1. The molecule has 4 rings (SSSR count). The predicted octanol–water partition coefficient (Wildman–Crippen LogP) is 3.80. The number of ketones is 1. The molecule has 0 spiro atoms. The Morgan fingerprint density at radius 1 is 1.31 bits per heavy atom. The first-order chi connectivity index (χ1) is 18.3. The van der Waals surface area contributed by atoms with Gasteiger partial charge in [-0.15, -0.1) is 11.7 Å². The Kier molecular flexibility index (Phi) is 8.34. The monoisotopic (exact) mass is 539 g/mol. The van der Waals surface area contributed by atoms with E-state index in [4.69, 9.17) is 14.2 Å². The normalized spacial score (nSPS) is 35.6. The van der Waals surface area contributed by atoms with Crippen molar-refractivity contribution in [2.24, 2.45) is 33.2 Å². The molecule has 3 aliphatic rings. The van der Waals surface area contributed by atoms with Crippen molar-refractivity contribution in [3.8, 4) is 5.75 Å². The van der Waals surface area contributed by atoms with E-state index < -0.39 is 30.7 Å². The Morgan fingerprint density at radius 2 is 2.05 bits per heavy atom. The maximum atomic E-state index is 13.2. The molecule has 0 saturated heterocycles. The summed E-state index contributed by atoms with van der Waals surface area (Å²) in [5, 5.41) is 25.3. The summed E-state index contributed by atoms with van der Waals surface area (Å²) < 4.78 is 16.8. The van der Waals surface area contributed by atoms with Crippen LogP contribution in [0.2, 0.25) is 0 Å². The minimum absolute atomic E-state index is 0.0416. The SMILES string of the molecule is C=C[C@]1(C)C[C@@H](OC(=O)COc2ccc3c(c2)B(O)ON=C3)[C@@]2(C)C[C@](CCC(C)=O)(CC[C@H]2C)[C@@H](C)[C@@H]1O. The molecule has 7 atom stereocenters. The maximum Gasteiger partial charge on any atom is 0.583 e. The largest absolute Gasteiger partial charge is 0.583 e. The van der Waals surface area contributed by atoms with Crippen molar-refractivity contribution in [3.63, 3.8) is 0 Å². The van der Waals surface area contributed by atoms with E-state index in [1.165, 1.54) is 6.21 Å². The number of fused-ring (bicyclic) bond motifs is 3. The molecule has 2 saturated carbocycles. The van der Waals surface area contributed by atoms with E-state index in [2.05, 4.69) is 32.5 Å². The number of ether oxygens (including phenoxy) is 2. The van der Waals surface area contributed by atoms with Gasteiger partial charge in [-0.25, -0.2) is 4.79 Å². The van der Waals surface area contributed by atoms with Crippen molar-refractivity contribution < 1.29 is 33.9 Å². The molecule has 0 unspecified atom stereocenters. The molecule has 2 fully saturated rings. The summed E-state index contributed by atoms with van der Waals surface area (Å²) in [6.07, 6.45) is 6.38. The minimum atomic E-state index is -1.20. The van der Waals surface area contributed by atoms with Crippen LogP contribution in [-0.4, -0.2) is 54.0 Å². The van der Waals surface area contributed by atoms with Crippen LogP contribution in [0.1, 0.15) is 78.7 Å².